The minimum Gasteiger partial charge on any atom is -0.507 e. The Morgan fingerprint density at radius 3 is 2.62 bits per heavy atom. The minimum absolute atomic E-state index is 0.0246. The van der Waals surface area contributed by atoms with E-state index in [2.05, 4.69) is 9.97 Å². The number of nitrogens with two attached hydrogens (primary N) is 2. The molecule has 0 saturated carbocycles. The number of hydrogen-bond acceptors (Lipinski definition) is 5. The van der Waals surface area contributed by atoms with Gasteiger partial charge >= 0.3 is 0 Å². The molecule has 2 heterocycles. The summed E-state index contributed by atoms with van der Waals surface area (Å²) < 4.78 is 1.57. The number of carbonyl (C=O) groups is 1. The van der Waals surface area contributed by atoms with Crippen LogP contribution in [0.25, 0.3) is 16.9 Å². The molecule has 0 aliphatic heterocycles. The van der Waals surface area contributed by atoms with Crippen LogP contribution in [0.5, 0.6) is 0 Å². The number of anilines is 1. The summed E-state index contributed by atoms with van der Waals surface area (Å²) in [6.07, 6.45) is 2.23. The zero-order valence-corrected chi connectivity index (χ0v) is 14.3. The van der Waals surface area contributed by atoms with E-state index in [4.69, 9.17) is 23.1 Å². The Balaban J connectivity index is 2.47. The van der Waals surface area contributed by atoms with Crippen molar-refractivity contribution in [3.63, 3.8) is 0 Å². The van der Waals surface area contributed by atoms with E-state index in [0.717, 1.165) is 0 Å². The molecule has 24 heavy (non-hydrogen) atoms. The first kappa shape index (κ1) is 16.3. The van der Waals surface area contributed by atoms with E-state index in [1.807, 2.05) is 13.8 Å². The zero-order chi connectivity index (χ0) is 17.8. The molecule has 2 aromatic rings. The average Bonchev–Trinajstić information content (AvgIpc) is 2.77. The third kappa shape index (κ3) is 2.24. The summed E-state index contributed by atoms with van der Waals surface area (Å²) in [5.41, 5.74) is 14.5. The van der Waals surface area contributed by atoms with Crippen LogP contribution < -0.4 is 11.5 Å². The Morgan fingerprint density at radius 1 is 1.38 bits per heavy atom. The summed E-state index contributed by atoms with van der Waals surface area (Å²) in [5.74, 6) is -0.621. The van der Waals surface area contributed by atoms with E-state index < -0.39 is 5.91 Å². The molecule has 0 spiro atoms. The second-order valence-corrected chi connectivity index (χ2v) is 6.33. The Morgan fingerprint density at radius 2 is 2.00 bits per heavy atom. The molecule has 2 aromatic heterocycles. The van der Waals surface area contributed by atoms with Crippen LogP contribution in [0.3, 0.4) is 0 Å². The highest BCUT2D eigenvalue weighted by molar-refractivity contribution is 6.34. The van der Waals surface area contributed by atoms with Crippen LogP contribution in [0.4, 0.5) is 5.82 Å². The van der Waals surface area contributed by atoms with Crippen LogP contribution in [0, 0.1) is 19.8 Å². The smallest absolute Gasteiger partial charge is 0.254 e. The van der Waals surface area contributed by atoms with Crippen LogP contribution in [0.1, 0.15) is 35.1 Å². The molecule has 1 amide bonds. The molecule has 0 saturated heterocycles. The quantitative estimate of drug-likeness (QED) is 0.771. The van der Waals surface area contributed by atoms with Crippen molar-refractivity contribution >= 4 is 40.2 Å². The van der Waals surface area contributed by atoms with Gasteiger partial charge in [-0.05, 0) is 26.3 Å². The maximum Gasteiger partial charge on any atom is 0.254 e. The number of amides is 1. The van der Waals surface area contributed by atoms with E-state index in [-0.39, 0.29) is 28.1 Å². The van der Waals surface area contributed by atoms with Gasteiger partial charge in [0.1, 0.15) is 27.7 Å². The average molecular weight is 348 g/mol. The summed E-state index contributed by atoms with van der Waals surface area (Å²) in [6, 6.07) is 0. The van der Waals surface area contributed by atoms with Crippen LogP contribution >= 0.6 is 11.6 Å². The van der Waals surface area contributed by atoms with Gasteiger partial charge < -0.3 is 16.6 Å². The van der Waals surface area contributed by atoms with Crippen molar-refractivity contribution in [1.82, 2.24) is 14.5 Å². The van der Waals surface area contributed by atoms with E-state index in [1.54, 1.807) is 17.6 Å². The lowest BCUT2D eigenvalue weighted by Crippen LogP contribution is -2.17. The number of fused-ring (bicyclic) bond motifs is 1. The van der Waals surface area contributed by atoms with E-state index in [0.29, 0.717) is 34.7 Å². The van der Waals surface area contributed by atoms with Crippen molar-refractivity contribution in [3.8, 4) is 0 Å². The van der Waals surface area contributed by atoms with Gasteiger partial charge in [0.05, 0.1) is 17.1 Å². The highest BCUT2D eigenvalue weighted by atomic mass is 35.5. The first-order chi connectivity index (χ1) is 11.2. The second-order valence-electron chi connectivity index (χ2n) is 5.95. The lowest BCUT2D eigenvalue weighted by atomic mass is 9.97. The number of hydrogen-bond donors (Lipinski definition) is 3. The summed E-state index contributed by atoms with van der Waals surface area (Å²) in [4.78, 5) is 20.9. The molecule has 126 valence electrons. The maximum atomic E-state index is 11.9. The lowest BCUT2D eigenvalue weighted by Gasteiger charge is -2.23. The number of primary amides is 1. The van der Waals surface area contributed by atoms with Crippen LogP contribution in [-0.2, 0) is 0 Å². The van der Waals surface area contributed by atoms with Gasteiger partial charge in [0.15, 0.2) is 5.65 Å². The van der Waals surface area contributed by atoms with Gasteiger partial charge in [-0.25, -0.2) is 9.97 Å². The maximum absolute atomic E-state index is 11.9. The molecular weight excluding hydrogens is 330 g/mol. The molecule has 1 aliphatic rings. The van der Waals surface area contributed by atoms with E-state index in [9.17, 15) is 9.90 Å². The molecule has 0 radical (unpaired) electrons. The van der Waals surface area contributed by atoms with Gasteiger partial charge in [0.25, 0.3) is 5.91 Å². The van der Waals surface area contributed by atoms with Crippen molar-refractivity contribution in [2.24, 2.45) is 11.7 Å². The highest BCUT2D eigenvalue weighted by Gasteiger charge is 2.29. The first-order valence-electron chi connectivity index (χ1n) is 7.48. The Hall–Kier alpha value is -2.54. The van der Waals surface area contributed by atoms with E-state index >= 15 is 0 Å². The number of aliphatic hydroxyl groups is 1. The number of aryl methyl sites for hydroxylation is 2. The predicted molar refractivity (Wildman–Crippen MR) is 93.5 cm³/mol. The molecule has 0 aromatic carbocycles. The Bertz CT molecular complexity index is 942. The fourth-order valence-corrected chi connectivity index (χ4v) is 3.25. The Labute approximate surface area is 143 Å². The summed E-state index contributed by atoms with van der Waals surface area (Å²) in [7, 11) is 0. The van der Waals surface area contributed by atoms with Gasteiger partial charge in [-0.15, -0.1) is 0 Å². The van der Waals surface area contributed by atoms with Gasteiger partial charge in [0.2, 0.25) is 0 Å². The highest BCUT2D eigenvalue weighted by Crippen LogP contribution is 2.39. The van der Waals surface area contributed by atoms with Crippen LogP contribution in [0.2, 0.25) is 0 Å². The summed E-state index contributed by atoms with van der Waals surface area (Å²) in [5, 5.41) is 10.2. The normalized spacial score (nSPS) is 18.2. The molecular formula is C16H18ClN5O2. The number of carbonyl (C=O) groups excluding carboxylic acids is 1. The zero-order valence-electron chi connectivity index (χ0n) is 13.6. The van der Waals surface area contributed by atoms with Crippen LogP contribution in [-0.4, -0.2) is 25.5 Å². The second kappa shape index (κ2) is 5.52. The SMILES string of the molecule is Cc1nc2c(C(N)=O)c(N)n(C3=C(Cl)C(O)=CC[C@H]3C)c2nc1C. The van der Waals surface area contributed by atoms with Crippen LogP contribution in [0.15, 0.2) is 16.9 Å². The largest absolute Gasteiger partial charge is 0.507 e. The predicted octanol–water partition coefficient (Wildman–Crippen LogP) is 2.62. The van der Waals surface area contributed by atoms with Crippen molar-refractivity contribution in [3.05, 3.63) is 33.8 Å². The summed E-state index contributed by atoms with van der Waals surface area (Å²) in [6.45, 7) is 5.56. The number of nitrogens with zero attached hydrogens (tertiary/aromatic N) is 3. The number of aliphatic hydroxyl groups excluding tert-OH is 1. The monoisotopic (exact) mass is 347 g/mol. The first-order valence-corrected chi connectivity index (χ1v) is 7.86. The van der Waals surface area contributed by atoms with Crippen molar-refractivity contribution < 1.29 is 9.90 Å². The summed E-state index contributed by atoms with van der Waals surface area (Å²) >= 11 is 6.32. The van der Waals surface area contributed by atoms with Crippen molar-refractivity contribution in [2.75, 3.05) is 5.73 Å². The molecule has 8 heteroatoms. The topological polar surface area (TPSA) is 120 Å². The van der Waals surface area contributed by atoms with Gasteiger partial charge in [-0.1, -0.05) is 18.5 Å². The third-order valence-corrected chi connectivity index (χ3v) is 4.69. The molecule has 7 nitrogen and oxygen atoms in total. The molecule has 0 bridgehead atoms. The molecule has 0 unspecified atom stereocenters. The van der Waals surface area contributed by atoms with Gasteiger partial charge in [-0.2, -0.15) is 0 Å². The minimum atomic E-state index is -0.686. The number of allylic oxidation sites excluding steroid dienone is 3. The fourth-order valence-electron chi connectivity index (χ4n) is 2.90. The number of nitrogen functional groups attached to an aromatic ring is 1. The molecule has 3 rings (SSSR count). The van der Waals surface area contributed by atoms with Gasteiger partial charge in [-0.3, -0.25) is 9.36 Å². The van der Waals surface area contributed by atoms with Crippen molar-refractivity contribution in [2.45, 2.75) is 27.2 Å². The fraction of sp³-hybridized carbons (Fsp3) is 0.312. The number of rotatable bonds is 2. The van der Waals surface area contributed by atoms with E-state index in [1.165, 1.54) is 0 Å². The lowest BCUT2D eigenvalue weighted by molar-refractivity contribution is 0.100. The number of halogens is 1. The van der Waals surface area contributed by atoms with Gasteiger partial charge in [0, 0.05) is 5.92 Å². The Kier molecular flexibility index (Phi) is 3.76. The molecule has 5 N–H and O–H groups in total. The molecule has 0 fully saturated rings. The van der Waals surface area contributed by atoms with Crippen molar-refractivity contribution in [1.29, 1.82) is 0 Å². The molecule has 1 aliphatic carbocycles. The number of aromatic nitrogens is 3. The molecule has 1 atom stereocenters. The third-order valence-electron chi connectivity index (χ3n) is 4.30. The standard InChI is InChI=1S/C16H18ClN5O2/c1-6-4-5-9(23)11(17)13(6)22-14(18)10(15(19)24)12-16(22)21-8(3)7(2)20-12/h5-6,23H,4,18H2,1-3H3,(H2,19,24)/t6-/m1/s1.